The predicted molar refractivity (Wildman–Crippen MR) is 54.1 cm³/mol. The highest BCUT2D eigenvalue weighted by Crippen LogP contribution is 2.36. The summed E-state index contributed by atoms with van der Waals surface area (Å²) < 4.78 is 43.0. The Bertz CT molecular complexity index is 559. The lowest BCUT2D eigenvalue weighted by Gasteiger charge is -2.23. The summed E-state index contributed by atoms with van der Waals surface area (Å²) in [6, 6.07) is 3.14. The maximum atomic E-state index is 12.7. The minimum absolute atomic E-state index is 0.126. The zero-order valence-corrected chi connectivity index (χ0v) is 9.17. The molecule has 17 heavy (non-hydrogen) atoms. The van der Waals surface area contributed by atoms with Crippen LogP contribution in [0.15, 0.2) is 16.5 Å². The summed E-state index contributed by atoms with van der Waals surface area (Å²) in [4.78, 5) is 7.65. The van der Waals surface area contributed by atoms with Gasteiger partial charge in [0.25, 0.3) is 0 Å². The van der Waals surface area contributed by atoms with Crippen LogP contribution in [0.2, 0.25) is 0 Å². The average Bonchev–Trinajstić information content (AvgIpc) is 2.58. The van der Waals surface area contributed by atoms with Gasteiger partial charge in [-0.15, -0.1) is 0 Å². The molecule has 0 aliphatic carbocycles. The fourth-order valence-electron chi connectivity index (χ4n) is 1.26. The minimum atomic E-state index is -4.64. The molecule has 0 aromatic carbocycles. The number of aryl methyl sites for hydroxylation is 1. The number of oxazole rings is 1. The third kappa shape index (κ3) is 1.86. The van der Waals surface area contributed by atoms with Crippen molar-refractivity contribution < 1.29 is 17.6 Å². The molecule has 2 aromatic rings. The Morgan fingerprint density at radius 2 is 1.88 bits per heavy atom. The number of hydrogen-bond acceptors (Lipinski definition) is 4. The summed E-state index contributed by atoms with van der Waals surface area (Å²) in [5, 5.41) is 0. The molecule has 4 nitrogen and oxygen atoms in total. The van der Waals surface area contributed by atoms with Crippen molar-refractivity contribution in [2.75, 3.05) is 0 Å². The van der Waals surface area contributed by atoms with Crippen LogP contribution in [-0.2, 0) is 5.54 Å². The summed E-state index contributed by atoms with van der Waals surface area (Å²) in [7, 11) is 0. The molecular weight excluding hydrogens is 235 g/mol. The van der Waals surface area contributed by atoms with Crippen molar-refractivity contribution in [2.24, 2.45) is 5.73 Å². The molecule has 0 saturated carbocycles. The van der Waals surface area contributed by atoms with E-state index in [0.717, 1.165) is 6.92 Å². The van der Waals surface area contributed by atoms with Crippen LogP contribution < -0.4 is 5.73 Å². The van der Waals surface area contributed by atoms with Gasteiger partial charge in [0, 0.05) is 5.69 Å². The van der Waals surface area contributed by atoms with Gasteiger partial charge >= 0.3 is 6.18 Å². The van der Waals surface area contributed by atoms with Gasteiger partial charge in [0.15, 0.2) is 16.8 Å². The number of fused-ring (bicyclic) bond motifs is 1. The normalized spacial score (nSPS) is 16.1. The van der Waals surface area contributed by atoms with Gasteiger partial charge in [0.1, 0.15) is 0 Å². The first-order valence-corrected chi connectivity index (χ1v) is 4.82. The van der Waals surface area contributed by atoms with Crippen LogP contribution >= 0.6 is 0 Å². The minimum Gasteiger partial charge on any atom is -0.437 e. The molecule has 92 valence electrons. The quantitative estimate of drug-likeness (QED) is 0.836. The van der Waals surface area contributed by atoms with E-state index in [1.165, 1.54) is 6.07 Å². The highest BCUT2D eigenvalue weighted by Gasteiger charge is 2.53. The van der Waals surface area contributed by atoms with Gasteiger partial charge < -0.3 is 10.2 Å². The summed E-state index contributed by atoms with van der Waals surface area (Å²) in [5.41, 5.74) is 3.54. The van der Waals surface area contributed by atoms with E-state index in [2.05, 4.69) is 9.97 Å². The molecule has 0 bridgehead atoms. The van der Waals surface area contributed by atoms with E-state index in [1.54, 1.807) is 13.0 Å². The van der Waals surface area contributed by atoms with Crippen molar-refractivity contribution in [3.05, 3.63) is 23.7 Å². The third-order valence-corrected chi connectivity index (χ3v) is 2.43. The Balaban J connectivity index is 2.57. The van der Waals surface area contributed by atoms with Crippen molar-refractivity contribution in [3.63, 3.8) is 0 Å². The number of hydrogen-bond donors (Lipinski definition) is 1. The molecule has 2 heterocycles. The Labute approximate surface area is 94.6 Å². The van der Waals surface area contributed by atoms with Gasteiger partial charge in [-0.25, -0.2) is 4.98 Å². The number of halogens is 3. The maximum Gasteiger partial charge on any atom is 0.415 e. The van der Waals surface area contributed by atoms with Crippen molar-refractivity contribution in [2.45, 2.75) is 25.6 Å². The van der Waals surface area contributed by atoms with Crippen LogP contribution in [0.5, 0.6) is 0 Å². The lowest BCUT2D eigenvalue weighted by molar-refractivity contribution is -0.189. The van der Waals surface area contributed by atoms with Gasteiger partial charge in [-0.3, -0.25) is 0 Å². The smallest absolute Gasteiger partial charge is 0.415 e. The molecule has 0 aliphatic heterocycles. The van der Waals surface area contributed by atoms with E-state index in [9.17, 15) is 13.2 Å². The number of rotatable bonds is 1. The molecule has 0 fully saturated rings. The van der Waals surface area contributed by atoms with E-state index in [-0.39, 0.29) is 11.2 Å². The average molecular weight is 245 g/mol. The zero-order chi connectivity index (χ0) is 12.8. The van der Waals surface area contributed by atoms with Gasteiger partial charge in [-0.2, -0.15) is 18.2 Å². The largest absolute Gasteiger partial charge is 0.437 e. The van der Waals surface area contributed by atoms with Gasteiger partial charge in [0.2, 0.25) is 5.89 Å². The first-order chi connectivity index (χ1) is 7.72. The first kappa shape index (κ1) is 11.8. The molecule has 0 amide bonds. The molecule has 7 heteroatoms. The second kappa shape index (κ2) is 3.43. The highest BCUT2D eigenvalue weighted by molar-refractivity contribution is 5.67. The van der Waals surface area contributed by atoms with Crippen molar-refractivity contribution in [3.8, 4) is 0 Å². The Morgan fingerprint density at radius 1 is 1.24 bits per heavy atom. The van der Waals surface area contributed by atoms with Crippen molar-refractivity contribution in [1.82, 2.24) is 9.97 Å². The van der Waals surface area contributed by atoms with Crippen molar-refractivity contribution in [1.29, 1.82) is 0 Å². The SMILES string of the molecule is Cc1ccc2oc(C(C)(N)C(F)(F)F)nc2n1. The number of pyridine rings is 1. The maximum absolute atomic E-state index is 12.7. The number of nitrogens with zero attached hydrogens (tertiary/aromatic N) is 2. The fourth-order valence-corrected chi connectivity index (χ4v) is 1.26. The molecule has 1 unspecified atom stereocenters. The molecule has 2 N–H and O–H groups in total. The molecular formula is C10H10F3N3O. The number of nitrogens with two attached hydrogens (primary N) is 1. The van der Waals surface area contributed by atoms with Gasteiger partial charge in [0.05, 0.1) is 0 Å². The van der Waals surface area contributed by atoms with Crippen LogP contribution in [-0.4, -0.2) is 16.1 Å². The first-order valence-electron chi connectivity index (χ1n) is 4.82. The van der Waals surface area contributed by atoms with E-state index in [1.807, 2.05) is 0 Å². The molecule has 1 atom stereocenters. The monoisotopic (exact) mass is 245 g/mol. The van der Waals surface area contributed by atoms with Crippen LogP contribution in [0.3, 0.4) is 0 Å². The lowest BCUT2D eigenvalue weighted by atomic mass is 10.0. The van der Waals surface area contributed by atoms with Crippen molar-refractivity contribution >= 4 is 11.2 Å². The standard InChI is InChI=1S/C10H10F3N3O/c1-5-3-4-6-7(15-5)16-8(17-6)9(2,14)10(11,12)13/h3-4H,14H2,1-2H3. The molecule has 2 rings (SSSR count). The molecule has 2 aromatic heterocycles. The Kier molecular flexibility index (Phi) is 2.39. The third-order valence-electron chi connectivity index (χ3n) is 2.43. The zero-order valence-electron chi connectivity index (χ0n) is 9.17. The topological polar surface area (TPSA) is 64.9 Å². The van der Waals surface area contributed by atoms with E-state index >= 15 is 0 Å². The van der Waals surface area contributed by atoms with Crippen LogP contribution in [0, 0.1) is 6.92 Å². The summed E-state index contributed by atoms with van der Waals surface area (Å²) in [6.45, 7) is 2.52. The lowest BCUT2D eigenvalue weighted by Crippen LogP contribution is -2.47. The number of alkyl halides is 3. The summed E-state index contributed by atoms with van der Waals surface area (Å²) in [6.07, 6.45) is -4.64. The van der Waals surface area contributed by atoms with Crippen LogP contribution in [0.1, 0.15) is 18.5 Å². The number of aromatic nitrogens is 2. The van der Waals surface area contributed by atoms with Crippen LogP contribution in [0.25, 0.3) is 11.2 Å². The highest BCUT2D eigenvalue weighted by atomic mass is 19.4. The van der Waals surface area contributed by atoms with Gasteiger partial charge in [-0.05, 0) is 26.0 Å². The Hall–Kier alpha value is -1.63. The van der Waals surface area contributed by atoms with Gasteiger partial charge in [-0.1, -0.05) is 0 Å². The second-order valence-corrected chi connectivity index (χ2v) is 3.99. The molecule has 0 aliphatic rings. The molecule has 0 saturated heterocycles. The van der Waals surface area contributed by atoms with E-state index in [4.69, 9.17) is 10.2 Å². The van der Waals surface area contributed by atoms with E-state index in [0.29, 0.717) is 5.69 Å². The summed E-state index contributed by atoms with van der Waals surface area (Å²) in [5.74, 6) is -0.585. The fraction of sp³-hybridized carbons (Fsp3) is 0.400. The molecule has 0 radical (unpaired) electrons. The predicted octanol–water partition coefficient (Wildman–Crippen LogP) is 2.27. The second-order valence-electron chi connectivity index (χ2n) is 3.99. The molecule has 0 spiro atoms. The van der Waals surface area contributed by atoms with E-state index < -0.39 is 17.6 Å². The Morgan fingerprint density at radius 3 is 2.47 bits per heavy atom. The summed E-state index contributed by atoms with van der Waals surface area (Å²) >= 11 is 0. The van der Waals surface area contributed by atoms with Crippen LogP contribution in [0.4, 0.5) is 13.2 Å².